The van der Waals surface area contributed by atoms with Gasteiger partial charge in [0.2, 0.25) is 0 Å². The first-order valence-corrected chi connectivity index (χ1v) is 4.74. The van der Waals surface area contributed by atoms with Crippen LogP contribution in [0.5, 0.6) is 0 Å². The van der Waals surface area contributed by atoms with Gasteiger partial charge in [-0.1, -0.05) is 13.8 Å². The molecule has 0 aliphatic heterocycles. The number of carbonyl (C=O) groups excluding carboxylic acids is 1. The summed E-state index contributed by atoms with van der Waals surface area (Å²) in [5, 5.41) is 0. The third-order valence-electron chi connectivity index (χ3n) is 2.66. The van der Waals surface area contributed by atoms with Crippen molar-refractivity contribution >= 4 is 5.97 Å². The second-order valence-corrected chi connectivity index (χ2v) is 3.96. The highest BCUT2D eigenvalue weighted by Gasteiger charge is 2.34. The molecule has 0 spiro atoms. The molecule has 82 valence electrons. The van der Waals surface area contributed by atoms with Crippen LogP contribution in [0.3, 0.4) is 0 Å². The molecule has 2 N–H and O–H groups in total. The summed E-state index contributed by atoms with van der Waals surface area (Å²) in [5.74, 6) is -0.406. The van der Waals surface area contributed by atoms with Gasteiger partial charge in [-0.2, -0.15) is 0 Å². The average Bonchev–Trinajstić information content (AvgIpc) is 2.28. The van der Waals surface area contributed by atoms with Gasteiger partial charge in [0, 0.05) is 17.8 Å². The summed E-state index contributed by atoms with van der Waals surface area (Å²) in [6, 6.07) is 3.02. The van der Waals surface area contributed by atoms with Crippen LogP contribution in [0.2, 0.25) is 0 Å². The molecule has 1 atom stereocenters. The molecule has 0 aliphatic rings. The van der Waals surface area contributed by atoms with Crippen molar-refractivity contribution in [2.24, 2.45) is 5.73 Å². The number of carbonyl (C=O) groups is 1. The molecule has 0 aromatic carbocycles. The van der Waals surface area contributed by atoms with E-state index in [1.165, 1.54) is 7.11 Å². The first-order chi connectivity index (χ1) is 7.00. The Morgan fingerprint density at radius 2 is 2.00 bits per heavy atom. The van der Waals surface area contributed by atoms with E-state index < -0.39 is 17.4 Å². The average molecular weight is 208 g/mol. The molecule has 15 heavy (non-hydrogen) atoms. The molecule has 0 aliphatic carbocycles. The minimum atomic E-state index is -0.676. The molecule has 1 heterocycles. The summed E-state index contributed by atoms with van der Waals surface area (Å²) in [5.41, 5.74) is 6.35. The Balaban J connectivity index is 2.97. The Kier molecular flexibility index (Phi) is 3.42. The normalized spacial score (nSPS) is 13.3. The molecule has 0 bridgehead atoms. The third kappa shape index (κ3) is 2.33. The monoisotopic (exact) mass is 208 g/mol. The smallest absolute Gasteiger partial charge is 0.323 e. The van der Waals surface area contributed by atoms with E-state index in [1.54, 1.807) is 12.4 Å². The van der Waals surface area contributed by atoms with Crippen LogP contribution in [0, 0.1) is 0 Å². The molecule has 0 amide bonds. The van der Waals surface area contributed by atoms with Crippen molar-refractivity contribution in [3.63, 3.8) is 0 Å². The van der Waals surface area contributed by atoms with Gasteiger partial charge < -0.3 is 10.5 Å². The van der Waals surface area contributed by atoms with Gasteiger partial charge in [0.25, 0.3) is 0 Å². The van der Waals surface area contributed by atoms with Crippen molar-refractivity contribution in [2.45, 2.75) is 25.3 Å². The molecule has 1 rings (SSSR count). The number of aromatic nitrogens is 1. The van der Waals surface area contributed by atoms with E-state index in [4.69, 9.17) is 5.73 Å². The maximum Gasteiger partial charge on any atom is 0.323 e. The standard InChI is InChI=1S/C11H16N2O2/c1-11(2,9(12)10(14)15-3)8-4-6-13-7-5-8/h4-7,9H,12H2,1-3H3. The minimum absolute atomic E-state index is 0.406. The molecule has 0 saturated heterocycles. The molecule has 0 fully saturated rings. The quantitative estimate of drug-likeness (QED) is 0.748. The fourth-order valence-corrected chi connectivity index (χ4v) is 1.38. The van der Waals surface area contributed by atoms with Crippen molar-refractivity contribution in [3.8, 4) is 0 Å². The summed E-state index contributed by atoms with van der Waals surface area (Å²) in [6.07, 6.45) is 3.36. The van der Waals surface area contributed by atoms with E-state index in [2.05, 4.69) is 9.72 Å². The first kappa shape index (κ1) is 11.7. The first-order valence-electron chi connectivity index (χ1n) is 4.74. The van der Waals surface area contributed by atoms with E-state index in [-0.39, 0.29) is 0 Å². The zero-order valence-electron chi connectivity index (χ0n) is 9.23. The molecule has 1 aromatic heterocycles. The number of hydrogen-bond acceptors (Lipinski definition) is 4. The highest BCUT2D eigenvalue weighted by Crippen LogP contribution is 2.25. The van der Waals surface area contributed by atoms with Gasteiger partial charge in [-0.05, 0) is 17.7 Å². The zero-order chi connectivity index (χ0) is 11.5. The van der Waals surface area contributed by atoms with E-state index >= 15 is 0 Å². The maximum atomic E-state index is 11.4. The van der Waals surface area contributed by atoms with Gasteiger partial charge in [-0.3, -0.25) is 9.78 Å². The Morgan fingerprint density at radius 3 is 2.47 bits per heavy atom. The van der Waals surface area contributed by atoms with Gasteiger partial charge in [0.15, 0.2) is 0 Å². The van der Waals surface area contributed by atoms with Crippen LogP contribution in [-0.2, 0) is 14.9 Å². The van der Waals surface area contributed by atoms with Crippen LogP contribution >= 0.6 is 0 Å². The Bertz CT molecular complexity index is 336. The van der Waals surface area contributed by atoms with Crippen molar-refractivity contribution in [2.75, 3.05) is 7.11 Å². The van der Waals surface area contributed by atoms with E-state index in [1.807, 2.05) is 26.0 Å². The van der Waals surface area contributed by atoms with Crippen LogP contribution in [-0.4, -0.2) is 24.1 Å². The molecule has 0 saturated carbocycles. The van der Waals surface area contributed by atoms with Crippen molar-refractivity contribution < 1.29 is 9.53 Å². The summed E-state index contributed by atoms with van der Waals surface area (Å²) >= 11 is 0. The molecule has 0 radical (unpaired) electrons. The number of hydrogen-bond donors (Lipinski definition) is 1. The number of esters is 1. The second kappa shape index (κ2) is 4.40. The predicted molar refractivity (Wildman–Crippen MR) is 57.3 cm³/mol. The highest BCUT2D eigenvalue weighted by atomic mass is 16.5. The van der Waals surface area contributed by atoms with E-state index in [0.29, 0.717) is 0 Å². The lowest BCUT2D eigenvalue weighted by Gasteiger charge is -2.29. The molecular weight excluding hydrogens is 192 g/mol. The second-order valence-electron chi connectivity index (χ2n) is 3.96. The van der Waals surface area contributed by atoms with Crippen LogP contribution in [0.4, 0.5) is 0 Å². The number of nitrogens with zero attached hydrogens (tertiary/aromatic N) is 1. The fourth-order valence-electron chi connectivity index (χ4n) is 1.38. The topological polar surface area (TPSA) is 65.2 Å². The Hall–Kier alpha value is -1.42. The van der Waals surface area contributed by atoms with Crippen molar-refractivity contribution in [1.29, 1.82) is 0 Å². The van der Waals surface area contributed by atoms with Gasteiger partial charge in [-0.25, -0.2) is 0 Å². The fraction of sp³-hybridized carbons (Fsp3) is 0.455. The van der Waals surface area contributed by atoms with E-state index in [9.17, 15) is 4.79 Å². The summed E-state index contributed by atoms with van der Waals surface area (Å²) in [4.78, 5) is 15.3. The van der Waals surface area contributed by atoms with Gasteiger partial charge in [-0.15, -0.1) is 0 Å². The Morgan fingerprint density at radius 1 is 1.47 bits per heavy atom. The van der Waals surface area contributed by atoms with Crippen LogP contribution in [0.15, 0.2) is 24.5 Å². The SMILES string of the molecule is COC(=O)C(N)C(C)(C)c1ccncc1. The van der Waals surface area contributed by atoms with E-state index in [0.717, 1.165) is 5.56 Å². The Labute approximate surface area is 89.5 Å². The zero-order valence-corrected chi connectivity index (χ0v) is 9.23. The molecular formula is C11H16N2O2. The highest BCUT2D eigenvalue weighted by molar-refractivity contribution is 5.77. The molecule has 4 nitrogen and oxygen atoms in total. The van der Waals surface area contributed by atoms with Crippen LogP contribution in [0.25, 0.3) is 0 Å². The summed E-state index contributed by atoms with van der Waals surface area (Å²) in [6.45, 7) is 3.81. The number of nitrogens with two attached hydrogens (primary N) is 1. The third-order valence-corrected chi connectivity index (χ3v) is 2.66. The van der Waals surface area contributed by atoms with Gasteiger partial charge in [0.05, 0.1) is 7.11 Å². The number of methoxy groups -OCH3 is 1. The van der Waals surface area contributed by atoms with Crippen molar-refractivity contribution in [3.05, 3.63) is 30.1 Å². The number of rotatable bonds is 3. The number of pyridine rings is 1. The molecule has 4 heteroatoms. The lowest BCUT2D eigenvalue weighted by Crippen LogP contribution is -2.47. The summed E-state index contributed by atoms with van der Waals surface area (Å²) in [7, 11) is 1.34. The van der Waals surface area contributed by atoms with Crippen LogP contribution < -0.4 is 5.73 Å². The maximum absolute atomic E-state index is 11.4. The molecule has 1 aromatic rings. The largest absolute Gasteiger partial charge is 0.468 e. The van der Waals surface area contributed by atoms with Gasteiger partial charge in [0.1, 0.15) is 6.04 Å². The minimum Gasteiger partial charge on any atom is -0.468 e. The molecule has 1 unspecified atom stereocenters. The lowest BCUT2D eigenvalue weighted by molar-refractivity contribution is -0.143. The van der Waals surface area contributed by atoms with Crippen LogP contribution in [0.1, 0.15) is 19.4 Å². The predicted octanol–water partition coefficient (Wildman–Crippen LogP) is 0.859. The van der Waals surface area contributed by atoms with Gasteiger partial charge >= 0.3 is 5.97 Å². The van der Waals surface area contributed by atoms with Crippen molar-refractivity contribution in [1.82, 2.24) is 4.98 Å². The summed E-state index contributed by atoms with van der Waals surface area (Å²) < 4.78 is 4.64. The number of ether oxygens (including phenoxy) is 1. The lowest BCUT2D eigenvalue weighted by atomic mass is 9.78.